The molecule has 0 spiro atoms. The number of nitrogens with one attached hydrogen (secondary N) is 1. The van der Waals surface area contributed by atoms with Gasteiger partial charge in [-0.1, -0.05) is 54.6 Å². The summed E-state index contributed by atoms with van der Waals surface area (Å²) in [6.45, 7) is 0.420. The van der Waals surface area contributed by atoms with E-state index in [4.69, 9.17) is 9.47 Å². The van der Waals surface area contributed by atoms with Crippen molar-refractivity contribution in [2.45, 2.75) is 6.61 Å². The van der Waals surface area contributed by atoms with Gasteiger partial charge in [0.05, 0.1) is 22.5 Å². The van der Waals surface area contributed by atoms with Crippen LogP contribution < -0.4 is 14.9 Å². The minimum absolute atomic E-state index is 0.296. The number of hydrogen-bond donors (Lipinski definition) is 1. The van der Waals surface area contributed by atoms with Crippen LogP contribution in [0.25, 0.3) is 10.8 Å². The lowest BCUT2D eigenvalue weighted by molar-refractivity contribution is 0.0954. The highest BCUT2D eigenvalue weighted by Crippen LogP contribution is 2.34. The molecule has 0 heterocycles. The molecule has 0 aliphatic heterocycles. The van der Waals surface area contributed by atoms with Crippen molar-refractivity contribution in [3.05, 3.63) is 104 Å². The largest absolute Gasteiger partial charge is 0.493 e. The zero-order chi connectivity index (χ0) is 23.2. The van der Waals surface area contributed by atoms with Gasteiger partial charge in [-0.3, -0.25) is 4.79 Å². The quantitative estimate of drug-likeness (QED) is 0.146. The Bertz CT molecular complexity index is 1340. The summed E-state index contributed by atoms with van der Waals surface area (Å²) >= 11 is 5.59. The topological polar surface area (TPSA) is 59.9 Å². The van der Waals surface area contributed by atoms with Gasteiger partial charge < -0.3 is 9.47 Å². The van der Waals surface area contributed by atoms with Gasteiger partial charge in [-0.25, -0.2) is 5.43 Å². The monoisotopic (exact) mass is 614 g/mol. The standard InChI is InChI=1S/C26H20BrIN2O3/c1-32-24-14-17(15-29-30-26(31)21-11-4-5-12-22(21)27)13-23(28)25(24)33-16-19-9-6-8-18-7-2-3-10-20(18)19/h2-15H,16H2,1H3,(H,30,31)/b29-15-. The van der Waals surface area contributed by atoms with E-state index in [1.54, 1.807) is 25.5 Å². The van der Waals surface area contributed by atoms with Crippen LogP contribution in [0.5, 0.6) is 11.5 Å². The molecule has 33 heavy (non-hydrogen) atoms. The average molecular weight is 615 g/mol. The molecular formula is C26H20BrIN2O3. The summed E-state index contributed by atoms with van der Waals surface area (Å²) in [6, 6.07) is 25.4. The molecule has 1 amide bonds. The van der Waals surface area contributed by atoms with Crippen molar-refractivity contribution in [1.82, 2.24) is 5.43 Å². The lowest BCUT2D eigenvalue weighted by Crippen LogP contribution is -2.18. The summed E-state index contributed by atoms with van der Waals surface area (Å²) < 4.78 is 13.3. The predicted octanol–water partition coefficient (Wildman–Crippen LogP) is 6.56. The molecule has 0 aliphatic carbocycles. The van der Waals surface area contributed by atoms with Crippen molar-refractivity contribution in [2.24, 2.45) is 5.10 Å². The molecule has 0 bridgehead atoms. The zero-order valence-corrected chi connectivity index (χ0v) is 21.5. The number of methoxy groups -OCH3 is 1. The van der Waals surface area contributed by atoms with Crippen LogP contribution in [0.4, 0.5) is 0 Å². The number of fused-ring (bicyclic) bond motifs is 1. The smallest absolute Gasteiger partial charge is 0.272 e. The van der Waals surface area contributed by atoms with Gasteiger partial charge >= 0.3 is 0 Å². The Kier molecular flexibility index (Phi) is 7.61. The number of nitrogens with zero attached hydrogens (tertiary/aromatic N) is 1. The normalized spacial score (nSPS) is 11.0. The van der Waals surface area contributed by atoms with Gasteiger partial charge in [-0.2, -0.15) is 5.10 Å². The Balaban J connectivity index is 1.49. The molecule has 4 rings (SSSR count). The summed E-state index contributed by atoms with van der Waals surface area (Å²) in [7, 11) is 1.60. The zero-order valence-electron chi connectivity index (χ0n) is 17.7. The Morgan fingerprint density at radius 2 is 1.82 bits per heavy atom. The fourth-order valence-corrected chi connectivity index (χ4v) is 4.64. The number of ether oxygens (including phenoxy) is 2. The van der Waals surface area contributed by atoms with Gasteiger partial charge in [-0.05, 0) is 84.7 Å². The molecule has 0 fully saturated rings. The Morgan fingerprint density at radius 3 is 2.64 bits per heavy atom. The van der Waals surface area contributed by atoms with Crippen LogP contribution in [0.3, 0.4) is 0 Å². The molecule has 0 saturated heterocycles. The SMILES string of the molecule is COc1cc(/C=N\NC(=O)c2ccccc2Br)cc(I)c1OCc1cccc2ccccc12. The number of halogens is 2. The number of benzene rings is 4. The third-order valence-electron chi connectivity index (χ3n) is 5.00. The van der Waals surface area contributed by atoms with Gasteiger partial charge in [0.15, 0.2) is 11.5 Å². The first kappa shape index (κ1) is 23.3. The lowest BCUT2D eigenvalue weighted by atomic mass is 10.1. The van der Waals surface area contributed by atoms with Crippen LogP contribution >= 0.6 is 38.5 Å². The highest BCUT2D eigenvalue weighted by atomic mass is 127. The van der Waals surface area contributed by atoms with Gasteiger partial charge in [-0.15, -0.1) is 0 Å². The van der Waals surface area contributed by atoms with E-state index in [0.29, 0.717) is 28.1 Å². The summed E-state index contributed by atoms with van der Waals surface area (Å²) in [6.07, 6.45) is 1.58. The highest BCUT2D eigenvalue weighted by Gasteiger charge is 2.13. The molecule has 0 aliphatic rings. The van der Waals surface area contributed by atoms with Crippen LogP contribution in [0.1, 0.15) is 21.5 Å². The molecular weight excluding hydrogens is 595 g/mol. The number of rotatable bonds is 7. The third-order valence-corrected chi connectivity index (χ3v) is 6.49. The maximum absolute atomic E-state index is 12.3. The molecule has 0 saturated carbocycles. The maximum atomic E-state index is 12.3. The molecule has 0 unspecified atom stereocenters. The molecule has 1 N–H and O–H groups in total. The first-order chi connectivity index (χ1) is 16.1. The minimum Gasteiger partial charge on any atom is -0.493 e. The van der Waals surface area contributed by atoms with Crippen LogP contribution in [0.2, 0.25) is 0 Å². The number of carbonyl (C=O) groups excluding carboxylic acids is 1. The van der Waals surface area contributed by atoms with Crippen molar-refractivity contribution in [1.29, 1.82) is 0 Å². The van der Waals surface area contributed by atoms with E-state index in [-0.39, 0.29) is 5.91 Å². The van der Waals surface area contributed by atoms with Crippen molar-refractivity contribution < 1.29 is 14.3 Å². The second-order valence-corrected chi connectivity index (χ2v) is 9.16. The van der Waals surface area contributed by atoms with E-state index in [1.807, 2.05) is 42.5 Å². The summed E-state index contributed by atoms with van der Waals surface area (Å²) in [5.74, 6) is 0.969. The van der Waals surface area contributed by atoms with Crippen molar-refractivity contribution in [3.63, 3.8) is 0 Å². The molecule has 4 aromatic carbocycles. The Labute approximate surface area is 214 Å². The number of hydrogen-bond acceptors (Lipinski definition) is 4. The molecule has 0 atom stereocenters. The number of hydrazone groups is 1. The third kappa shape index (κ3) is 5.54. The second kappa shape index (κ2) is 10.8. The second-order valence-electron chi connectivity index (χ2n) is 7.14. The molecule has 0 aromatic heterocycles. The summed E-state index contributed by atoms with van der Waals surface area (Å²) in [5.41, 5.74) is 4.94. The van der Waals surface area contributed by atoms with E-state index in [0.717, 1.165) is 14.7 Å². The molecule has 0 radical (unpaired) electrons. The predicted molar refractivity (Wildman–Crippen MR) is 143 cm³/mol. The van der Waals surface area contributed by atoms with Crippen LogP contribution in [-0.4, -0.2) is 19.2 Å². The maximum Gasteiger partial charge on any atom is 0.272 e. The highest BCUT2D eigenvalue weighted by molar-refractivity contribution is 14.1. The van der Waals surface area contributed by atoms with Crippen molar-refractivity contribution in [3.8, 4) is 11.5 Å². The van der Waals surface area contributed by atoms with E-state index < -0.39 is 0 Å². The van der Waals surface area contributed by atoms with Crippen LogP contribution in [-0.2, 0) is 6.61 Å². The lowest BCUT2D eigenvalue weighted by Gasteiger charge is -2.14. The summed E-state index contributed by atoms with van der Waals surface area (Å²) in [4.78, 5) is 12.3. The molecule has 7 heteroatoms. The first-order valence-electron chi connectivity index (χ1n) is 10.1. The molecule has 5 nitrogen and oxygen atoms in total. The molecule has 4 aromatic rings. The van der Waals surface area contributed by atoms with E-state index in [1.165, 1.54) is 10.8 Å². The Morgan fingerprint density at radius 1 is 1.06 bits per heavy atom. The molecule has 166 valence electrons. The fraction of sp³-hybridized carbons (Fsp3) is 0.0769. The Hall–Kier alpha value is -2.91. The average Bonchev–Trinajstić information content (AvgIpc) is 2.83. The van der Waals surface area contributed by atoms with E-state index in [2.05, 4.69) is 73.3 Å². The van der Waals surface area contributed by atoms with Gasteiger partial charge in [0.1, 0.15) is 6.61 Å². The number of amides is 1. The van der Waals surface area contributed by atoms with Gasteiger partial charge in [0, 0.05) is 4.47 Å². The van der Waals surface area contributed by atoms with E-state index in [9.17, 15) is 4.79 Å². The van der Waals surface area contributed by atoms with Crippen LogP contribution in [0.15, 0.2) is 88.4 Å². The van der Waals surface area contributed by atoms with Gasteiger partial charge in [0.25, 0.3) is 5.91 Å². The van der Waals surface area contributed by atoms with Crippen LogP contribution in [0, 0.1) is 3.57 Å². The van der Waals surface area contributed by atoms with Crippen molar-refractivity contribution in [2.75, 3.05) is 7.11 Å². The fourth-order valence-electron chi connectivity index (χ4n) is 3.39. The van der Waals surface area contributed by atoms with E-state index >= 15 is 0 Å². The minimum atomic E-state index is -0.296. The first-order valence-corrected chi connectivity index (χ1v) is 12.0. The number of carbonyl (C=O) groups is 1. The van der Waals surface area contributed by atoms with Gasteiger partial charge in [0.2, 0.25) is 0 Å². The summed E-state index contributed by atoms with van der Waals surface area (Å²) in [5, 5.41) is 6.43. The van der Waals surface area contributed by atoms with Crippen molar-refractivity contribution >= 4 is 61.4 Å².